The number of hydrogen-bond acceptors (Lipinski definition) is 4. The number of likely N-dealkylation sites (tertiary alicyclic amines) is 3. The van der Waals surface area contributed by atoms with Crippen LogP contribution in [0.5, 0.6) is 0 Å². The molecule has 0 bridgehead atoms. The predicted molar refractivity (Wildman–Crippen MR) is 114 cm³/mol. The Bertz CT molecular complexity index is 455. The third-order valence-electron chi connectivity index (χ3n) is 7.08. The summed E-state index contributed by atoms with van der Waals surface area (Å²) in [6, 6.07) is 0. The number of ether oxygens (including phenoxy) is 1. The van der Waals surface area contributed by atoms with E-state index in [-0.39, 0.29) is 5.60 Å². The van der Waals surface area contributed by atoms with Gasteiger partial charge in [0.05, 0.1) is 12.2 Å². The molecule has 0 aromatic heterocycles. The predicted octanol–water partition coefficient (Wildman–Crippen LogP) is 3.71. The molecule has 0 aliphatic carbocycles. The van der Waals surface area contributed by atoms with E-state index in [2.05, 4.69) is 56.2 Å². The fourth-order valence-electron chi connectivity index (χ4n) is 5.00. The van der Waals surface area contributed by atoms with Gasteiger partial charge in [-0.25, -0.2) is 0 Å². The SMILES string of the molecule is CC(C)(C)OCCN1CCC(CN2CCC3(CC2)CN(C(C)(C)C)C3)CC1. The number of rotatable bonds is 5. The Morgan fingerprint density at radius 3 is 1.96 bits per heavy atom. The van der Waals surface area contributed by atoms with Crippen molar-refractivity contribution in [3.8, 4) is 0 Å². The first kappa shape index (κ1) is 21.5. The summed E-state index contributed by atoms with van der Waals surface area (Å²) in [7, 11) is 0. The zero-order chi connectivity index (χ0) is 19.7. The Kier molecular flexibility index (Phi) is 6.62. The van der Waals surface area contributed by atoms with E-state index in [0.717, 1.165) is 19.1 Å². The molecule has 27 heavy (non-hydrogen) atoms. The molecule has 0 radical (unpaired) electrons. The maximum atomic E-state index is 5.89. The minimum atomic E-state index is -0.00566. The molecule has 0 amide bonds. The lowest BCUT2D eigenvalue weighted by Gasteiger charge is -2.58. The highest BCUT2D eigenvalue weighted by molar-refractivity contribution is 5.02. The Balaban J connectivity index is 1.30. The lowest BCUT2D eigenvalue weighted by atomic mass is 9.70. The molecule has 158 valence electrons. The smallest absolute Gasteiger partial charge is 0.0600 e. The maximum absolute atomic E-state index is 5.89. The Morgan fingerprint density at radius 1 is 0.852 bits per heavy atom. The van der Waals surface area contributed by atoms with Crippen molar-refractivity contribution < 1.29 is 4.74 Å². The van der Waals surface area contributed by atoms with Crippen molar-refractivity contribution in [1.29, 1.82) is 0 Å². The van der Waals surface area contributed by atoms with Gasteiger partial charge in [0.1, 0.15) is 0 Å². The molecule has 3 fully saturated rings. The fraction of sp³-hybridized carbons (Fsp3) is 1.00. The molecule has 0 saturated carbocycles. The number of nitrogens with zero attached hydrogens (tertiary/aromatic N) is 3. The second-order valence-electron chi connectivity index (χ2n) is 11.6. The van der Waals surface area contributed by atoms with E-state index in [4.69, 9.17) is 4.74 Å². The molecule has 3 heterocycles. The number of piperidine rings is 2. The van der Waals surface area contributed by atoms with Gasteiger partial charge in [0.2, 0.25) is 0 Å². The molecular weight excluding hydrogens is 334 g/mol. The third-order valence-corrected chi connectivity index (χ3v) is 7.08. The number of hydrogen-bond donors (Lipinski definition) is 0. The minimum absolute atomic E-state index is 0.00566. The van der Waals surface area contributed by atoms with Crippen LogP contribution in [0.1, 0.15) is 67.2 Å². The van der Waals surface area contributed by atoms with Crippen molar-refractivity contribution in [3.63, 3.8) is 0 Å². The highest BCUT2D eigenvalue weighted by atomic mass is 16.5. The summed E-state index contributed by atoms with van der Waals surface area (Å²) < 4.78 is 5.89. The van der Waals surface area contributed by atoms with E-state index in [9.17, 15) is 0 Å². The van der Waals surface area contributed by atoms with E-state index in [0.29, 0.717) is 11.0 Å². The van der Waals surface area contributed by atoms with E-state index in [1.807, 2.05) is 0 Å². The lowest BCUT2D eigenvalue weighted by molar-refractivity contribution is -0.0917. The molecule has 3 aliphatic heterocycles. The van der Waals surface area contributed by atoms with Crippen LogP contribution in [0.4, 0.5) is 0 Å². The normalized spacial score (nSPS) is 26.4. The van der Waals surface area contributed by atoms with Gasteiger partial charge in [0.25, 0.3) is 0 Å². The average molecular weight is 380 g/mol. The van der Waals surface area contributed by atoms with Gasteiger partial charge in [-0.1, -0.05) is 0 Å². The standard InChI is InChI=1S/C23H45N3O/c1-21(2,3)26-18-23(19-26)9-13-25(14-10-23)17-20-7-11-24(12-8-20)15-16-27-22(4,5)6/h20H,7-19H2,1-6H3. The summed E-state index contributed by atoms with van der Waals surface area (Å²) in [6.45, 7) is 24.7. The van der Waals surface area contributed by atoms with E-state index in [1.54, 1.807) is 0 Å². The summed E-state index contributed by atoms with van der Waals surface area (Å²) in [5.74, 6) is 0.909. The first-order valence-corrected chi connectivity index (χ1v) is 11.4. The summed E-state index contributed by atoms with van der Waals surface area (Å²) in [4.78, 5) is 8.04. The van der Waals surface area contributed by atoms with Crippen LogP contribution in [-0.4, -0.2) is 84.8 Å². The van der Waals surface area contributed by atoms with Crippen molar-refractivity contribution in [2.24, 2.45) is 11.3 Å². The molecule has 0 N–H and O–H groups in total. The van der Waals surface area contributed by atoms with Crippen LogP contribution in [0.3, 0.4) is 0 Å². The summed E-state index contributed by atoms with van der Waals surface area (Å²) in [5, 5.41) is 0. The van der Waals surface area contributed by atoms with Gasteiger partial charge in [0.15, 0.2) is 0 Å². The maximum Gasteiger partial charge on any atom is 0.0600 e. The first-order valence-electron chi connectivity index (χ1n) is 11.4. The van der Waals surface area contributed by atoms with Gasteiger partial charge < -0.3 is 14.5 Å². The Hall–Kier alpha value is -0.160. The zero-order valence-corrected chi connectivity index (χ0v) is 19.0. The van der Waals surface area contributed by atoms with Gasteiger partial charge in [0, 0.05) is 31.7 Å². The highest BCUT2D eigenvalue weighted by Crippen LogP contribution is 2.43. The molecule has 3 rings (SSSR count). The molecular formula is C23H45N3O. The highest BCUT2D eigenvalue weighted by Gasteiger charge is 2.47. The van der Waals surface area contributed by atoms with E-state index in [1.165, 1.54) is 71.5 Å². The van der Waals surface area contributed by atoms with Crippen molar-refractivity contribution in [2.45, 2.75) is 78.4 Å². The summed E-state index contributed by atoms with van der Waals surface area (Å²) in [5.41, 5.74) is 1.00. The van der Waals surface area contributed by atoms with Gasteiger partial charge in [-0.3, -0.25) is 4.90 Å². The van der Waals surface area contributed by atoms with Crippen molar-refractivity contribution >= 4 is 0 Å². The van der Waals surface area contributed by atoms with Crippen LogP contribution < -0.4 is 0 Å². The quantitative estimate of drug-likeness (QED) is 0.725. The van der Waals surface area contributed by atoms with Crippen LogP contribution in [0.25, 0.3) is 0 Å². The van der Waals surface area contributed by atoms with Gasteiger partial charge in [-0.2, -0.15) is 0 Å². The minimum Gasteiger partial charge on any atom is -0.375 e. The fourth-order valence-corrected chi connectivity index (χ4v) is 5.00. The Labute approximate surface area is 168 Å². The zero-order valence-electron chi connectivity index (χ0n) is 19.0. The molecule has 0 unspecified atom stereocenters. The molecule has 3 saturated heterocycles. The van der Waals surface area contributed by atoms with Gasteiger partial charge >= 0.3 is 0 Å². The monoisotopic (exact) mass is 379 g/mol. The Morgan fingerprint density at radius 2 is 1.44 bits per heavy atom. The average Bonchev–Trinajstić information content (AvgIpc) is 2.53. The van der Waals surface area contributed by atoms with E-state index < -0.39 is 0 Å². The second kappa shape index (κ2) is 8.30. The molecule has 4 heteroatoms. The topological polar surface area (TPSA) is 19.0 Å². The molecule has 0 atom stereocenters. The van der Waals surface area contributed by atoms with Gasteiger partial charge in [-0.15, -0.1) is 0 Å². The van der Waals surface area contributed by atoms with E-state index >= 15 is 0 Å². The van der Waals surface area contributed by atoms with Gasteiger partial charge in [-0.05, 0) is 105 Å². The van der Waals surface area contributed by atoms with Crippen molar-refractivity contribution in [2.75, 3.05) is 59.0 Å². The molecule has 0 aromatic carbocycles. The van der Waals surface area contributed by atoms with Crippen LogP contribution >= 0.6 is 0 Å². The van der Waals surface area contributed by atoms with Crippen LogP contribution in [-0.2, 0) is 4.74 Å². The summed E-state index contributed by atoms with van der Waals surface area (Å²) >= 11 is 0. The first-order chi connectivity index (χ1) is 12.5. The third kappa shape index (κ3) is 6.16. The second-order valence-corrected chi connectivity index (χ2v) is 11.6. The molecule has 0 aromatic rings. The lowest BCUT2D eigenvalue weighted by Crippen LogP contribution is -2.65. The summed E-state index contributed by atoms with van der Waals surface area (Å²) in [6.07, 6.45) is 5.58. The van der Waals surface area contributed by atoms with Crippen LogP contribution in [0, 0.1) is 11.3 Å². The molecule has 4 nitrogen and oxygen atoms in total. The van der Waals surface area contributed by atoms with Crippen molar-refractivity contribution in [3.05, 3.63) is 0 Å². The van der Waals surface area contributed by atoms with Crippen LogP contribution in [0.2, 0.25) is 0 Å². The largest absolute Gasteiger partial charge is 0.375 e. The van der Waals surface area contributed by atoms with Crippen LogP contribution in [0.15, 0.2) is 0 Å². The van der Waals surface area contributed by atoms with Crippen molar-refractivity contribution in [1.82, 2.24) is 14.7 Å². The molecule has 3 aliphatic rings. The molecule has 1 spiro atoms.